The molecule has 0 N–H and O–H groups in total. The van der Waals surface area contributed by atoms with Gasteiger partial charge in [0.1, 0.15) is 11.5 Å². The molecule has 0 bridgehead atoms. The van der Waals surface area contributed by atoms with Gasteiger partial charge in [0.25, 0.3) is 0 Å². The molecule has 0 radical (unpaired) electrons. The highest BCUT2D eigenvalue weighted by Crippen LogP contribution is 2.43. The number of halogens is 3. The molecule has 4 atom stereocenters. The minimum atomic E-state index is -1.43. The Kier molecular flexibility index (Phi) is 18.3. The lowest BCUT2D eigenvalue weighted by atomic mass is 9.72. The fraction of sp³-hybridized carbons (Fsp3) is 0.434. The average Bonchev–Trinajstić information content (AvgIpc) is 3.25. The second-order valence-electron chi connectivity index (χ2n) is 19.1. The summed E-state index contributed by atoms with van der Waals surface area (Å²) in [5.74, 6) is 2.02. The zero-order valence-electron chi connectivity index (χ0n) is 37.4. The van der Waals surface area contributed by atoms with E-state index >= 15 is 0 Å². The SMILES string of the molecule is CC1(CS(=O)c2ccc(-c3ccccc3)cc2)CCC1.CC1(CS(=O)c2ccc(Br)cc2)CCC1.CC1(CS(=O)c2ccccc2)CCC1.O=S(CC1(F)CCC1)c1cccc(F)c1. The fourth-order valence-electron chi connectivity index (χ4n) is 8.19. The first kappa shape index (κ1) is 50.5. The summed E-state index contributed by atoms with van der Waals surface area (Å²) in [6, 6.07) is 41.6. The third kappa shape index (κ3) is 15.0. The predicted molar refractivity (Wildman–Crippen MR) is 268 cm³/mol. The second-order valence-corrected chi connectivity index (χ2v) is 25.8. The molecule has 11 heteroatoms. The van der Waals surface area contributed by atoms with Crippen molar-refractivity contribution in [2.45, 2.75) is 123 Å². The average molecular weight is 1010 g/mol. The molecule has 5 aromatic rings. The van der Waals surface area contributed by atoms with E-state index in [4.69, 9.17) is 0 Å². The van der Waals surface area contributed by atoms with Gasteiger partial charge in [-0.3, -0.25) is 16.8 Å². The first-order valence-corrected chi connectivity index (χ1v) is 28.6. The third-order valence-corrected chi connectivity index (χ3v) is 20.5. The predicted octanol–water partition coefficient (Wildman–Crippen LogP) is 14.2. The van der Waals surface area contributed by atoms with Crippen LogP contribution in [0.4, 0.5) is 8.78 Å². The first-order chi connectivity index (χ1) is 30.5. The normalized spacial score (nSPS) is 20.0. The molecule has 0 aliphatic heterocycles. The van der Waals surface area contributed by atoms with Crippen molar-refractivity contribution >= 4 is 59.1 Å². The summed E-state index contributed by atoms with van der Waals surface area (Å²) in [4.78, 5) is 3.25. The van der Waals surface area contributed by atoms with Gasteiger partial charge >= 0.3 is 0 Å². The van der Waals surface area contributed by atoms with E-state index in [0.29, 0.717) is 34.0 Å². The number of hydrogen-bond donors (Lipinski definition) is 0. The van der Waals surface area contributed by atoms with E-state index in [1.54, 1.807) is 6.07 Å². The Bertz CT molecular complexity index is 2340. The summed E-state index contributed by atoms with van der Waals surface area (Å²) in [5, 5.41) is 0. The van der Waals surface area contributed by atoms with E-state index in [-0.39, 0.29) is 5.75 Å². The third-order valence-electron chi connectivity index (χ3n) is 13.1. The Morgan fingerprint density at radius 3 is 1.19 bits per heavy atom. The number of rotatable bonds is 13. The summed E-state index contributed by atoms with van der Waals surface area (Å²) < 4.78 is 75.7. The molecule has 5 aromatic carbocycles. The van der Waals surface area contributed by atoms with Gasteiger partial charge in [-0.15, -0.1) is 0 Å². The molecule has 4 aliphatic rings. The van der Waals surface area contributed by atoms with Crippen molar-refractivity contribution in [1.29, 1.82) is 0 Å². The zero-order valence-corrected chi connectivity index (χ0v) is 42.3. The van der Waals surface area contributed by atoms with Crippen molar-refractivity contribution in [2.24, 2.45) is 16.2 Å². The van der Waals surface area contributed by atoms with Crippen LogP contribution in [0.2, 0.25) is 0 Å². The van der Waals surface area contributed by atoms with Gasteiger partial charge in [-0.25, -0.2) is 8.78 Å². The minimum absolute atomic E-state index is 0.00352. The van der Waals surface area contributed by atoms with E-state index in [0.717, 1.165) is 42.8 Å². The van der Waals surface area contributed by atoms with Gasteiger partial charge in [0.05, 0.1) is 49.0 Å². The Morgan fingerprint density at radius 2 is 0.797 bits per heavy atom. The van der Waals surface area contributed by atoms with E-state index in [2.05, 4.69) is 61.0 Å². The van der Waals surface area contributed by atoms with Crippen molar-refractivity contribution in [2.75, 3.05) is 23.0 Å². The monoisotopic (exact) mass is 1010 g/mol. The molecule has 344 valence electrons. The molecule has 4 nitrogen and oxygen atoms in total. The molecular formula is C53H63BrF2O4S4. The van der Waals surface area contributed by atoms with Crippen molar-refractivity contribution in [3.63, 3.8) is 0 Å². The summed E-state index contributed by atoms with van der Waals surface area (Å²) in [7, 11) is -3.92. The van der Waals surface area contributed by atoms with Gasteiger partial charge in [-0.05, 0) is 152 Å². The minimum Gasteiger partial charge on any atom is -0.254 e. The first-order valence-electron chi connectivity index (χ1n) is 22.5. The van der Waals surface area contributed by atoms with Crippen LogP contribution in [0.25, 0.3) is 11.1 Å². The van der Waals surface area contributed by atoms with Crippen LogP contribution in [-0.2, 0) is 43.2 Å². The molecule has 4 fully saturated rings. The Hall–Kier alpha value is -2.96. The Labute approximate surface area is 399 Å². The highest BCUT2D eigenvalue weighted by molar-refractivity contribution is 9.10. The van der Waals surface area contributed by atoms with Gasteiger partial charge in [0.15, 0.2) is 0 Å². The van der Waals surface area contributed by atoms with Gasteiger partial charge in [0.2, 0.25) is 0 Å². The molecule has 9 rings (SSSR count). The van der Waals surface area contributed by atoms with Crippen molar-refractivity contribution < 1.29 is 25.6 Å². The summed E-state index contributed by atoms with van der Waals surface area (Å²) in [5.41, 5.74) is 2.09. The quantitative estimate of drug-likeness (QED) is 0.118. The summed E-state index contributed by atoms with van der Waals surface area (Å²) in [6.45, 7) is 6.75. The van der Waals surface area contributed by atoms with Crippen molar-refractivity contribution in [3.05, 3.63) is 144 Å². The van der Waals surface area contributed by atoms with Crippen LogP contribution in [0.5, 0.6) is 0 Å². The molecule has 0 saturated heterocycles. The maximum absolute atomic E-state index is 13.7. The maximum atomic E-state index is 13.7. The lowest BCUT2D eigenvalue weighted by molar-refractivity contribution is 0.0902. The largest absolute Gasteiger partial charge is 0.254 e. The highest BCUT2D eigenvalue weighted by atomic mass is 79.9. The van der Waals surface area contributed by atoms with Gasteiger partial charge in [0, 0.05) is 41.3 Å². The van der Waals surface area contributed by atoms with Crippen LogP contribution in [-0.4, -0.2) is 45.5 Å². The smallest absolute Gasteiger partial charge is 0.124 e. The zero-order chi connectivity index (χ0) is 45.8. The van der Waals surface area contributed by atoms with Gasteiger partial charge < -0.3 is 0 Å². The number of hydrogen-bond acceptors (Lipinski definition) is 4. The van der Waals surface area contributed by atoms with Crippen LogP contribution >= 0.6 is 15.9 Å². The Balaban J connectivity index is 0.000000143. The van der Waals surface area contributed by atoms with E-state index in [1.807, 2.05) is 84.9 Å². The number of alkyl halides is 1. The van der Waals surface area contributed by atoms with Crippen LogP contribution in [0.15, 0.2) is 158 Å². The van der Waals surface area contributed by atoms with Gasteiger partial charge in [-0.1, -0.05) is 123 Å². The van der Waals surface area contributed by atoms with Crippen LogP contribution in [0, 0.1) is 22.1 Å². The molecule has 4 saturated carbocycles. The molecule has 0 aromatic heterocycles. The van der Waals surface area contributed by atoms with Crippen molar-refractivity contribution in [3.8, 4) is 11.1 Å². The van der Waals surface area contributed by atoms with E-state index in [1.165, 1.54) is 87.1 Å². The molecule has 4 unspecified atom stereocenters. The van der Waals surface area contributed by atoms with Gasteiger partial charge in [-0.2, -0.15) is 0 Å². The van der Waals surface area contributed by atoms with Crippen LogP contribution in [0.3, 0.4) is 0 Å². The second kappa shape index (κ2) is 23.2. The molecule has 64 heavy (non-hydrogen) atoms. The van der Waals surface area contributed by atoms with E-state index < -0.39 is 54.7 Å². The highest BCUT2D eigenvalue weighted by Gasteiger charge is 2.39. The standard InChI is InChI=1S/C18H20OS.C12H15BrOS.C12H16OS.C11H12F2OS/c1-18(12-5-13-18)14-20(19)17-10-8-16(9-11-17)15-6-3-2-4-7-15;1-12(7-2-8-12)9-15(14)11-5-3-10(13)4-6-11;1-12(8-5-9-12)10-14(13)11-6-3-2-4-7-11;12-9-3-1-4-10(7-9)15(14)8-11(13)5-2-6-11/h2-4,6-11H,5,12-14H2,1H3;3-6H,2,7-9H2,1H3;2-4,6-7H,5,8-10H2,1H3;1,3-4,7H,2,5-6,8H2. The molecule has 0 spiro atoms. The Morgan fingerprint density at radius 1 is 0.438 bits per heavy atom. The molecule has 0 heterocycles. The molecular weight excluding hydrogens is 947 g/mol. The maximum Gasteiger partial charge on any atom is 0.124 e. The summed E-state index contributed by atoms with van der Waals surface area (Å²) >= 11 is 3.38. The lowest BCUT2D eigenvalue weighted by Gasteiger charge is -2.37. The van der Waals surface area contributed by atoms with Crippen LogP contribution in [0.1, 0.15) is 97.8 Å². The van der Waals surface area contributed by atoms with Crippen LogP contribution < -0.4 is 0 Å². The molecule has 0 amide bonds. The topological polar surface area (TPSA) is 68.3 Å². The number of benzene rings is 5. The summed E-state index contributed by atoms with van der Waals surface area (Å²) in [6.07, 6.45) is 13.1. The van der Waals surface area contributed by atoms with Crippen molar-refractivity contribution in [1.82, 2.24) is 0 Å². The van der Waals surface area contributed by atoms with E-state index in [9.17, 15) is 25.6 Å². The lowest BCUT2D eigenvalue weighted by Crippen LogP contribution is -2.37. The molecule has 4 aliphatic carbocycles. The fourth-order valence-corrected chi connectivity index (χ4v) is 14.5.